The van der Waals surface area contributed by atoms with Crippen LogP contribution in [0.5, 0.6) is 0 Å². The predicted octanol–water partition coefficient (Wildman–Crippen LogP) is 1.95. The molecular weight excluding hydrogens is 249 g/mol. The fourth-order valence-electron chi connectivity index (χ4n) is 1.79. The van der Waals surface area contributed by atoms with E-state index in [1.807, 2.05) is 18.2 Å². The molecule has 1 aromatic rings. The highest BCUT2D eigenvalue weighted by Crippen LogP contribution is 2.21. The number of rotatable bonds is 1. The first-order chi connectivity index (χ1) is 7.20. The van der Waals surface area contributed by atoms with Crippen LogP contribution in [0.3, 0.4) is 0 Å². The highest BCUT2D eigenvalue weighted by atomic mass is 35.5. The van der Waals surface area contributed by atoms with Crippen LogP contribution in [-0.4, -0.2) is 19.1 Å². The van der Waals surface area contributed by atoms with E-state index < -0.39 is 0 Å². The van der Waals surface area contributed by atoms with Crippen molar-refractivity contribution in [3.8, 4) is 0 Å². The van der Waals surface area contributed by atoms with Crippen LogP contribution in [-0.2, 0) is 22.5 Å². The predicted molar refractivity (Wildman–Crippen MR) is 65.0 cm³/mol. The number of hydrogen-bond acceptors (Lipinski definition) is 3. The largest absolute Gasteiger partial charge is 0.468 e. The van der Waals surface area contributed by atoms with Crippen LogP contribution < -0.4 is 5.32 Å². The molecule has 5 heteroatoms. The van der Waals surface area contributed by atoms with Crippen molar-refractivity contribution < 1.29 is 9.53 Å². The topological polar surface area (TPSA) is 38.3 Å². The Labute approximate surface area is 106 Å². The molecule has 1 aromatic carbocycles. The van der Waals surface area contributed by atoms with Crippen LogP contribution in [0.25, 0.3) is 0 Å². The van der Waals surface area contributed by atoms with Gasteiger partial charge in [0.25, 0.3) is 0 Å². The maximum Gasteiger partial charge on any atom is 0.323 e. The molecule has 0 fully saturated rings. The number of methoxy groups -OCH3 is 1. The molecule has 3 nitrogen and oxygen atoms in total. The van der Waals surface area contributed by atoms with E-state index in [2.05, 4.69) is 5.32 Å². The van der Waals surface area contributed by atoms with Gasteiger partial charge in [0.2, 0.25) is 0 Å². The number of halogens is 2. The molecule has 88 valence electrons. The number of nitrogens with one attached hydrogen (secondary N) is 1. The van der Waals surface area contributed by atoms with Crippen molar-refractivity contribution in [2.24, 2.45) is 0 Å². The van der Waals surface area contributed by atoms with Crippen molar-refractivity contribution in [3.05, 3.63) is 34.3 Å². The molecule has 0 bridgehead atoms. The van der Waals surface area contributed by atoms with Crippen molar-refractivity contribution in [2.45, 2.75) is 19.0 Å². The third-order valence-electron chi connectivity index (χ3n) is 2.62. The summed E-state index contributed by atoms with van der Waals surface area (Å²) in [6.45, 7) is 0.662. The van der Waals surface area contributed by atoms with E-state index in [9.17, 15) is 4.79 Å². The average molecular weight is 262 g/mol. The Morgan fingerprint density at radius 3 is 2.94 bits per heavy atom. The van der Waals surface area contributed by atoms with Gasteiger partial charge in [0.15, 0.2) is 0 Å². The minimum atomic E-state index is -0.233. The van der Waals surface area contributed by atoms with E-state index in [0.717, 1.165) is 16.1 Å². The van der Waals surface area contributed by atoms with Gasteiger partial charge < -0.3 is 10.1 Å². The summed E-state index contributed by atoms with van der Waals surface area (Å²) in [5.74, 6) is -0.212. The van der Waals surface area contributed by atoms with Gasteiger partial charge in [-0.3, -0.25) is 4.79 Å². The Hall–Kier alpha value is -0.770. The lowest BCUT2D eigenvalue weighted by Crippen LogP contribution is -2.42. The molecular formula is C11H13Cl2NO2. The number of carbonyl (C=O) groups is 1. The lowest BCUT2D eigenvalue weighted by atomic mass is 9.96. The van der Waals surface area contributed by atoms with Crippen molar-refractivity contribution in [2.75, 3.05) is 7.11 Å². The van der Waals surface area contributed by atoms with Gasteiger partial charge in [-0.25, -0.2) is 0 Å². The van der Waals surface area contributed by atoms with E-state index in [4.69, 9.17) is 16.3 Å². The number of ether oxygens (including phenoxy) is 1. The van der Waals surface area contributed by atoms with Gasteiger partial charge in [-0.2, -0.15) is 0 Å². The lowest BCUT2D eigenvalue weighted by molar-refractivity contribution is -0.143. The maximum atomic E-state index is 11.3. The fourth-order valence-corrected chi connectivity index (χ4v) is 1.99. The van der Waals surface area contributed by atoms with E-state index in [-0.39, 0.29) is 24.4 Å². The van der Waals surface area contributed by atoms with Gasteiger partial charge in [-0.1, -0.05) is 17.7 Å². The summed E-state index contributed by atoms with van der Waals surface area (Å²) in [4.78, 5) is 11.3. The molecule has 1 heterocycles. The molecule has 1 unspecified atom stereocenters. The van der Waals surface area contributed by atoms with Crippen LogP contribution in [0.2, 0.25) is 5.02 Å². The Balaban J connectivity index is 0.00000128. The third-order valence-corrected chi connectivity index (χ3v) is 2.85. The van der Waals surface area contributed by atoms with E-state index >= 15 is 0 Å². The first-order valence-corrected chi connectivity index (χ1v) is 5.17. The molecule has 0 amide bonds. The Bertz CT molecular complexity index is 396. The zero-order valence-corrected chi connectivity index (χ0v) is 10.4. The summed E-state index contributed by atoms with van der Waals surface area (Å²) >= 11 is 5.88. The van der Waals surface area contributed by atoms with E-state index in [0.29, 0.717) is 13.0 Å². The first-order valence-electron chi connectivity index (χ1n) is 4.79. The summed E-state index contributed by atoms with van der Waals surface area (Å²) in [5, 5.41) is 3.85. The number of hydrogen-bond donors (Lipinski definition) is 1. The van der Waals surface area contributed by atoms with Gasteiger partial charge in [0, 0.05) is 11.6 Å². The average Bonchev–Trinajstić information content (AvgIpc) is 2.27. The molecule has 1 aliphatic rings. The maximum absolute atomic E-state index is 11.3. The Morgan fingerprint density at radius 2 is 2.25 bits per heavy atom. The molecule has 1 N–H and O–H groups in total. The quantitative estimate of drug-likeness (QED) is 0.786. The molecule has 0 saturated heterocycles. The number of benzene rings is 1. The monoisotopic (exact) mass is 261 g/mol. The minimum Gasteiger partial charge on any atom is -0.468 e. The first kappa shape index (κ1) is 13.3. The summed E-state index contributed by atoms with van der Waals surface area (Å²) in [6.07, 6.45) is 0.666. The molecule has 2 rings (SSSR count). The van der Waals surface area contributed by atoms with Crippen LogP contribution >= 0.6 is 24.0 Å². The second-order valence-electron chi connectivity index (χ2n) is 3.57. The second-order valence-corrected chi connectivity index (χ2v) is 4.01. The molecule has 16 heavy (non-hydrogen) atoms. The minimum absolute atomic E-state index is 0. The number of fused-ring (bicyclic) bond motifs is 1. The molecule has 0 spiro atoms. The number of carbonyl (C=O) groups excluding carboxylic acids is 1. The fraction of sp³-hybridized carbons (Fsp3) is 0.364. The molecule has 0 saturated carbocycles. The molecule has 0 aliphatic carbocycles. The number of esters is 1. The normalized spacial score (nSPS) is 18.2. The molecule has 1 atom stereocenters. The third kappa shape index (κ3) is 2.67. The highest BCUT2D eigenvalue weighted by Gasteiger charge is 2.24. The standard InChI is InChI=1S/C11H12ClNO2.ClH/c1-15-11(14)10-5-7-2-3-9(12)4-8(7)6-13-10;/h2-4,10,13H,5-6H2,1H3;1H. The van der Waals surface area contributed by atoms with Gasteiger partial charge in [-0.05, 0) is 29.7 Å². The molecule has 0 radical (unpaired) electrons. The van der Waals surface area contributed by atoms with Crippen LogP contribution in [0, 0.1) is 0 Å². The summed E-state index contributed by atoms with van der Waals surface area (Å²) < 4.78 is 4.70. The van der Waals surface area contributed by atoms with Gasteiger partial charge in [-0.15, -0.1) is 12.4 Å². The van der Waals surface area contributed by atoms with Gasteiger partial charge in [0.1, 0.15) is 6.04 Å². The van der Waals surface area contributed by atoms with Crippen LogP contribution in [0.15, 0.2) is 18.2 Å². The van der Waals surface area contributed by atoms with Crippen molar-refractivity contribution in [1.82, 2.24) is 5.32 Å². The lowest BCUT2D eigenvalue weighted by Gasteiger charge is -2.24. The van der Waals surface area contributed by atoms with Gasteiger partial charge >= 0.3 is 5.97 Å². The molecule has 0 aromatic heterocycles. The van der Waals surface area contributed by atoms with E-state index in [1.54, 1.807) is 0 Å². The second kappa shape index (κ2) is 5.53. The van der Waals surface area contributed by atoms with Crippen LogP contribution in [0.4, 0.5) is 0 Å². The SMILES string of the molecule is COC(=O)C1Cc2ccc(Cl)cc2CN1.Cl. The smallest absolute Gasteiger partial charge is 0.323 e. The zero-order valence-electron chi connectivity index (χ0n) is 8.83. The van der Waals surface area contributed by atoms with Crippen molar-refractivity contribution >= 4 is 30.0 Å². The van der Waals surface area contributed by atoms with Crippen LogP contribution in [0.1, 0.15) is 11.1 Å². The highest BCUT2D eigenvalue weighted by molar-refractivity contribution is 6.30. The Kier molecular flexibility index (Phi) is 4.59. The summed E-state index contributed by atoms with van der Waals surface area (Å²) in [7, 11) is 1.40. The Morgan fingerprint density at radius 1 is 1.50 bits per heavy atom. The van der Waals surface area contributed by atoms with Gasteiger partial charge in [0.05, 0.1) is 7.11 Å². The summed E-state index contributed by atoms with van der Waals surface area (Å²) in [6, 6.07) is 5.51. The zero-order chi connectivity index (χ0) is 10.8. The molecule has 1 aliphatic heterocycles. The van der Waals surface area contributed by atoms with Crippen molar-refractivity contribution in [1.29, 1.82) is 0 Å². The van der Waals surface area contributed by atoms with E-state index in [1.165, 1.54) is 7.11 Å². The van der Waals surface area contributed by atoms with Crippen molar-refractivity contribution in [3.63, 3.8) is 0 Å². The summed E-state index contributed by atoms with van der Waals surface area (Å²) in [5.41, 5.74) is 2.32.